The van der Waals surface area contributed by atoms with E-state index in [1.165, 1.54) is 18.4 Å². The fraction of sp³-hybridized carbons (Fsp3) is 0.810. The molecule has 9 heteroatoms. The van der Waals surface area contributed by atoms with Gasteiger partial charge in [0.15, 0.2) is 0 Å². The van der Waals surface area contributed by atoms with Crippen LogP contribution in [0.5, 0.6) is 0 Å². The van der Waals surface area contributed by atoms with Crippen LogP contribution in [0.1, 0.15) is 77.6 Å². The molecule has 0 radical (unpaired) electrons. The second-order valence-electron chi connectivity index (χ2n) is 7.89. The van der Waals surface area contributed by atoms with Crippen molar-refractivity contribution >= 4 is 23.7 Å². The standard InChI is InChI=1S/C21H37N3O6/c1-3-4-5-6-7-8-11-16(14-18(25)23-29)20(27)22-17-12-9-10-13-24(21(17)28)15-19(26)30-2/h16-17,29H,3-15H2,1-2H3,(H,22,27)(H,23,25). The van der Waals surface area contributed by atoms with Crippen molar-refractivity contribution in [2.45, 2.75) is 83.6 Å². The highest BCUT2D eigenvalue weighted by Gasteiger charge is 2.32. The van der Waals surface area contributed by atoms with Crippen molar-refractivity contribution in [1.29, 1.82) is 0 Å². The van der Waals surface area contributed by atoms with Crippen LogP contribution in [-0.2, 0) is 23.9 Å². The van der Waals surface area contributed by atoms with Gasteiger partial charge in [0.2, 0.25) is 17.7 Å². The smallest absolute Gasteiger partial charge is 0.325 e. The molecule has 0 bridgehead atoms. The van der Waals surface area contributed by atoms with E-state index in [1.807, 2.05) is 0 Å². The average molecular weight is 428 g/mol. The maximum absolute atomic E-state index is 12.8. The Morgan fingerprint density at radius 2 is 1.87 bits per heavy atom. The van der Waals surface area contributed by atoms with Crippen LogP contribution in [0.2, 0.25) is 0 Å². The Labute approximate surface area is 178 Å². The molecular weight excluding hydrogens is 390 g/mol. The molecule has 3 N–H and O–H groups in total. The number of hydrogen-bond acceptors (Lipinski definition) is 6. The molecule has 0 aliphatic carbocycles. The monoisotopic (exact) mass is 427 g/mol. The molecule has 1 aliphatic rings. The van der Waals surface area contributed by atoms with Crippen molar-refractivity contribution in [1.82, 2.24) is 15.7 Å². The number of nitrogens with one attached hydrogen (secondary N) is 2. The third kappa shape index (κ3) is 9.56. The zero-order valence-electron chi connectivity index (χ0n) is 18.3. The largest absolute Gasteiger partial charge is 0.468 e. The van der Waals surface area contributed by atoms with E-state index in [2.05, 4.69) is 17.0 Å². The van der Waals surface area contributed by atoms with Crippen molar-refractivity contribution < 1.29 is 29.1 Å². The lowest BCUT2D eigenvalue weighted by atomic mass is 9.95. The maximum atomic E-state index is 12.8. The summed E-state index contributed by atoms with van der Waals surface area (Å²) in [6.07, 6.45) is 8.69. The molecule has 30 heavy (non-hydrogen) atoms. The number of carbonyl (C=O) groups excluding carboxylic acids is 4. The summed E-state index contributed by atoms with van der Waals surface area (Å²) in [5.41, 5.74) is 1.58. The Hall–Kier alpha value is -2.16. The lowest BCUT2D eigenvalue weighted by molar-refractivity contribution is -0.148. The molecule has 1 heterocycles. The van der Waals surface area contributed by atoms with Crippen LogP contribution >= 0.6 is 0 Å². The normalized spacial score (nSPS) is 17.8. The number of unbranched alkanes of at least 4 members (excludes halogenated alkanes) is 5. The highest BCUT2D eigenvalue weighted by Crippen LogP contribution is 2.18. The predicted octanol–water partition coefficient (Wildman–Crippen LogP) is 1.92. The number of hydrogen-bond donors (Lipinski definition) is 3. The van der Waals surface area contributed by atoms with Crippen LogP contribution in [-0.4, -0.2) is 60.0 Å². The quantitative estimate of drug-likeness (QED) is 0.178. The summed E-state index contributed by atoms with van der Waals surface area (Å²) in [5.74, 6) is -2.42. The van der Waals surface area contributed by atoms with E-state index in [9.17, 15) is 19.2 Å². The number of amides is 3. The molecule has 0 aromatic heterocycles. The molecule has 1 fully saturated rings. The number of likely N-dealkylation sites (tertiary alicyclic amines) is 1. The zero-order chi connectivity index (χ0) is 22.4. The molecule has 0 aromatic rings. The molecule has 3 amide bonds. The lowest BCUT2D eigenvalue weighted by Gasteiger charge is -2.25. The van der Waals surface area contributed by atoms with Gasteiger partial charge in [-0.15, -0.1) is 0 Å². The summed E-state index contributed by atoms with van der Waals surface area (Å²) >= 11 is 0. The Morgan fingerprint density at radius 3 is 2.53 bits per heavy atom. The van der Waals surface area contributed by atoms with Crippen molar-refractivity contribution in [3.63, 3.8) is 0 Å². The van der Waals surface area contributed by atoms with Gasteiger partial charge in [-0.3, -0.25) is 24.4 Å². The van der Waals surface area contributed by atoms with E-state index in [-0.39, 0.29) is 24.8 Å². The number of ether oxygens (including phenoxy) is 1. The Balaban J connectivity index is 2.68. The second-order valence-corrected chi connectivity index (χ2v) is 7.89. The molecule has 2 unspecified atom stereocenters. The van der Waals surface area contributed by atoms with Crippen molar-refractivity contribution in [2.75, 3.05) is 20.2 Å². The highest BCUT2D eigenvalue weighted by molar-refractivity contribution is 5.91. The SMILES string of the molecule is CCCCCCCCC(CC(=O)NO)C(=O)NC1CCCCN(CC(=O)OC)C1=O. The number of nitrogens with zero attached hydrogens (tertiary/aromatic N) is 1. The fourth-order valence-corrected chi connectivity index (χ4v) is 3.67. The van der Waals surface area contributed by atoms with Gasteiger partial charge in [-0.25, -0.2) is 5.48 Å². The number of hydroxylamine groups is 1. The topological polar surface area (TPSA) is 125 Å². The first-order chi connectivity index (χ1) is 14.4. The molecule has 0 spiro atoms. The van der Waals surface area contributed by atoms with Gasteiger partial charge in [0.05, 0.1) is 7.11 Å². The van der Waals surface area contributed by atoms with E-state index in [1.54, 1.807) is 5.48 Å². The van der Waals surface area contributed by atoms with Gasteiger partial charge < -0.3 is 15.0 Å². The van der Waals surface area contributed by atoms with Crippen LogP contribution in [0.15, 0.2) is 0 Å². The van der Waals surface area contributed by atoms with Gasteiger partial charge in [0.1, 0.15) is 12.6 Å². The molecule has 9 nitrogen and oxygen atoms in total. The van der Waals surface area contributed by atoms with Crippen LogP contribution in [0.3, 0.4) is 0 Å². The highest BCUT2D eigenvalue weighted by atomic mass is 16.5. The first kappa shape index (κ1) is 25.9. The molecule has 1 rings (SSSR count). The summed E-state index contributed by atoms with van der Waals surface area (Å²) in [5, 5.41) is 11.6. The third-order valence-electron chi connectivity index (χ3n) is 5.48. The Bertz CT molecular complexity index is 569. The molecule has 0 saturated carbocycles. The summed E-state index contributed by atoms with van der Waals surface area (Å²) < 4.78 is 4.64. The first-order valence-corrected chi connectivity index (χ1v) is 11.0. The number of esters is 1. The minimum absolute atomic E-state index is 0.135. The summed E-state index contributed by atoms with van der Waals surface area (Å²) in [7, 11) is 1.27. The van der Waals surface area contributed by atoms with E-state index in [4.69, 9.17) is 5.21 Å². The molecular formula is C21H37N3O6. The molecule has 1 saturated heterocycles. The van der Waals surface area contributed by atoms with E-state index in [0.29, 0.717) is 19.4 Å². The number of carbonyl (C=O) groups is 4. The van der Waals surface area contributed by atoms with Gasteiger partial charge in [-0.2, -0.15) is 0 Å². The van der Waals surface area contributed by atoms with Crippen molar-refractivity contribution in [2.24, 2.45) is 5.92 Å². The van der Waals surface area contributed by atoms with Crippen LogP contribution < -0.4 is 10.8 Å². The Kier molecular flexibility index (Phi) is 12.7. The van der Waals surface area contributed by atoms with Gasteiger partial charge in [0.25, 0.3) is 0 Å². The van der Waals surface area contributed by atoms with Gasteiger partial charge >= 0.3 is 5.97 Å². The maximum Gasteiger partial charge on any atom is 0.325 e. The minimum Gasteiger partial charge on any atom is -0.468 e. The number of rotatable bonds is 13. The fourth-order valence-electron chi connectivity index (χ4n) is 3.67. The van der Waals surface area contributed by atoms with E-state index in [0.717, 1.165) is 44.9 Å². The van der Waals surface area contributed by atoms with Crippen LogP contribution in [0.4, 0.5) is 0 Å². The lowest BCUT2D eigenvalue weighted by Crippen LogP contribution is -2.50. The second kappa shape index (κ2) is 14.8. The molecule has 172 valence electrons. The van der Waals surface area contributed by atoms with Crippen molar-refractivity contribution in [3.05, 3.63) is 0 Å². The van der Waals surface area contributed by atoms with Crippen LogP contribution in [0, 0.1) is 5.92 Å². The van der Waals surface area contributed by atoms with E-state index >= 15 is 0 Å². The summed E-state index contributed by atoms with van der Waals surface area (Å²) in [6.45, 7) is 2.44. The predicted molar refractivity (Wildman–Crippen MR) is 110 cm³/mol. The zero-order valence-corrected chi connectivity index (χ0v) is 18.3. The summed E-state index contributed by atoms with van der Waals surface area (Å²) in [4.78, 5) is 50.2. The molecule has 2 atom stereocenters. The Morgan fingerprint density at radius 1 is 1.17 bits per heavy atom. The summed E-state index contributed by atoms with van der Waals surface area (Å²) in [6, 6.07) is -0.728. The van der Waals surface area contributed by atoms with Crippen molar-refractivity contribution in [3.8, 4) is 0 Å². The average Bonchev–Trinajstić information content (AvgIpc) is 2.91. The van der Waals surface area contributed by atoms with Crippen LogP contribution in [0.25, 0.3) is 0 Å². The van der Waals surface area contributed by atoms with Gasteiger partial charge in [-0.1, -0.05) is 45.4 Å². The molecule has 1 aliphatic heterocycles. The first-order valence-electron chi connectivity index (χ1n) is 11.0. The third-order valence-corrected chi connectivity index (χ3v) is 5.48. The van der Waals surface area contributed by atoms with E-state index < -0.39 is 23.8 Å². The molecule has 0 aromatic carbocycles. The minimum atomic E-state index is -0.728. The number of methoxy groups -OCH3 is 1. The van der Waals surface area contributed by atoms with Gasteiger partial charge in [-0.05, 0) is 25.7 Å². The van der Waals surface area contributed by atoms with Gasteiger partial charge in [0, 0.05) is 18.9 Å².